The van der Waals surface area contributed by atoms with Crippen molar-refractivity contribution in [3.05, 3.63) is 23.8 Å². The van der Waals surface area contributed by atoms with Crippen LogP contribution in [0, 0.1) is 0 Å². The summed E-state index contributed by atoms with van der Waals surface area (Å²) in [5, 5.41) is 10.5. The topological polar surface area (TPSA) is 60.4 Å². The van der Waals surface area contributed by atoms with Gasteiger partial charge in [-0.25, -0.2) is 0 Å². The van der Waals surface area contributed by atoms with Gasteiger partial charge in [0.25, 0.3) is 0 Å². The Morgan fingerprint density at radius 2 is 1.61 bits per heavy atom. The number of methoxy groups -OCH3 is 4. The number of nitrogens with zero attached hydrogens (tertiary/aromatic N) is 1. The summed E-state index contributed by atoms with van der Waals surface area (Å²) in [4.78, 5) is 2.21. The highest BCUT2D eigenvalue weighted by Crippen LogP contribution is 2.31. The molecule has 0 aliphatic rings. The van der Waals surface area contributed by atoms with Gasteiger partial charge in [0.2, 0.25) is 0 Å². The molecule has 6 heteroatoms. The molecule has 1 rings (SSSR count). The van der Waals surface area contributed by atoms with E-state index in [1.54, 1.807) is 34.5 Å². The van der Waals surface area contributed by atoms with Gasteiger partial charge in [0.05, 0.1) is 33.5 Å². The molecule has 0 aliphatic heterocycles. The summed E-state index contributed by atoms with van der Waals surface area (Å²) in [5.74, 6) is 1.34. The lowest BCUT2D eigenvalue weighted by Crippen LogP contribution is -2.32. The molecule has 1 aromatic rings. The fourth-order valence-electron chi connectivity index (χ4n) is 2.33. The highest BCUT2D eigenvalue weighted by molar-refractivity contribution is 5.41. The van der Waals surface area contributed by atoms with Gasteiger partial charge in [-0.2, -0.15) is 0 Å². The zero-order valence-corrected chi connectivity index (χ0v) is 14.6. The van der Waals surface area contributed by atoms with Crippen molar-refractivity contribution < 1.29 is 24.1 Å². The number of hydrogen-bond acceptors (Lipinski definition) is 6. The molecule has 0 spiro atoms. The first-order valence-corrected chi connectivity index (χ1v) is 7.76. The van der Waals surface area contributed by atoms with Crippen LogP contribution in [-0.4, -0.2) is 71.3 Å². The van der Waals surface area contributed by atoms with Crippen LogP contribution in [0.2, 0.25) is 0 Å². The van der Waals surface area contributed by atoms with E-state index in [9.17, 15) is 5.11 Å². The maximum Gasteiger partial charge on any atom is 0.128 e. The zero-order valence-electron chi connectivity index (χ0n) is 14.6. The summed E-state index contributed by atoms with van der Waals surface area (Å²) in [7, 11) is 6.57. The van der Waals surface area contributed by atoms with Crippen molar-refractivity contribution in [2.45, 2.75) is 12.5 Å². The second-order valence-electron chi connectivity index (χ2n) is 5.24. The fraction of sp³-hybridized carbons (Fsp3) is 0.647. The fourth-order valence-corrected chi connectivity index (χ4v) is 2.33. The van der Waals surface area contributed by atoms with E-state index in [0.717, 1.165) is 25.2 Å². The minimum absolute atomic E-state index is 0.594. The average Bonchev–Trinajstić information content (AvgIpc) is 2.60. The predicted molar refractivity (Wildman–Crippen MR) is 89.3 cm³/mol. The average molecular weight is 327 g/mol. The normalized spacial score (nSPS) is 12.4. The summed E-state index contributed by atoms with van der Waals surface area (Å²) >= 11 is 0. The third-order valence-electron chi connectivity index (χ3n) is 3.74. The Bertz CT molecular complexity index is 433. The Morgan fingerprint density at radius 3 is 2.13 bits per heavy atom. The number of benzene rings is 1. The molecular formula is C17H29NO5. The Labute approximate surface area is 138 Å². The summed E-state index contributed by atoms with van der Waals surface area (Å²) < 4.78 is 20.8. The predicted octanol–water partition coefficient (Wildman–Crippen LogP) is 1.72. The van der Waals surface area contributed by atoms with Crippen LogP contribution in [0.15, 0.2) is 18.2 Å². The summed E-state index contributed by atoms with van der Waals surface area (Å²) in [6.07, 6.45) is 0.0132. The molecule has 0 bridgehead atoms. The van der Waals surface area contributed by atoms with Gasteiger partial charge in [-0.3, -0.25) is 4.90 Å². The third-order valence-corrected chi connectivity index (χ3v) is 3.74. The van der Waals surface area contributed by atoms with Gasteiger partial charge in [0.15, 0.2) is 0 Å². The molecule has 0 fully saturated rings. The van der Waals surface area contributed by atoms with Crippen LogP contribution >= 0.6 is 0 Å². The van der Waals surface area contributed by atoms with Crippen molar-refractivity contribution in [2.24, 2.45) is 0 Å². The largest absolute Gasteiger partial charge is 0.497 e. The molecule has 23 heavy (non-hydrogen) atoms. The van der Waals surface area contributed by atoms with Gasteiger partial charge < -0.3 is 24.1 Å². The van der Waals surface area contributed by atoms with Crippen LogP contribution in [-0.2, 0) is 9.47 Å². The molecule has 0 aromatic heterocycles. The lowest BCUT2D eigenvalue weighted by atomic mass is 10.0. The van der Waals surface area contributed by atoms with Gasteiger partial charge in [-0.1, -0.05) is 0 Å². The van der Waals surface area contributed by atoms with Crippen LogP contribution in [0.5, 0.6) is 11.5 Å². The first-order valence-electron chi connectivity index (χ1n) is 7.76. The summed E-state index contributed by atoms with van der Waals surface area (Å²) in [5.41, 5.74) is 0.770. The van der Waals surface area contributed by atoms with Gasteiger partial charge >= 0.3 is 0 Å². The SMILES string of the molecule is COCCN(CCOC)CCC(O)c1ccc(OC)cc1OC. The van der Waals surface area contributed by atoms with Crippen LogP contribution in [0.1, 0.15) is 18.1 Å². The standard InChI is InChI=1S/C17H29NO5/c1-20-11-9-18(10-12-21-2)8-7-16(19)15-6-5-14(22-3)13-17(15)23-4/h5-6,13,16,19H,7-12H2,1-4H3. The molecular weight excluding hydrogens is 298 g/mol. The molecule has 0 amide bonds. The molecule has 1 N–H and O–H groups in total. The minimum atomic E-state index is -0.594. The number of aliphatic hydroxyl groups is 1. The summed E-state index contributed by atoms with van der Waals surface area (Å²) in [6.45, 7) is 3.69. The van der Waals surface area contributed by atoms with Crippen LogP contribution in [0.3, 0.4) is 0 Å². The monoisotopic (exact) mass is 327 g/mol. The number of ether oxygens (including phenoxy) is 4. The van der Waals surface area contributed by atoms with Gasteiger partial charge in [0, 0.05) is 45.5 Å². The van der Waals surface area contributed by atoms with Crippen LogP contribution in [0.25, 0.3) is 0 Å². The van der Waals surface area contributed by atoms with E-state index in [2.05, 4.69) is 4.90 Å². The lowest BCUT2D eigenvalue weighted by Gasteiger charge is -2.23. The molecule has 1 atom stereocenters. The molecule has 0 aliphatic carbocycles. The van der Waals surface area contributed by atoms with Crippen LogP contribution < -0.4 is 9.47 Å². The van der Waals surface area contributed by atoms with E-state index in [4.69, 9.17) is 18.9 Å². The van der Waals surface area contributed by atoms with E-state index in [1.807, 2.05) is 12.1 Å². The molecule has 0 saturated carbocycles. The zero-order chi connectivity index (χ0) is 17.1. The van der Waals surface area contributed by atoms with Crippen LogP contribution in [0.4, 0.5) is 0 Å². The van der Waals surface area contributed by atoms with E-state index in [-0.39, 0.29) is 0 Å². The first-order chi connectivity index (χ1) is 11.2. The highest BCUT2D eigenvalue weighted by atomic mass is 16.5. The van der Waals surface area contributed by atoms with Crippen molar-refractivity contribution in [1.82, 2.24) is 4.90 Å². The third kappa shape index (κ3) is 6.74. The molecule has 1 aromatic carbocycles. The highest BCUT2D eigenvalue weighted by Gasteiger charge is 2.16. The van der Waals surface area contributed by atoms with Gasteiger partial charge in [-0.15, -0.1) is 0 Å². The molecule has 6 nitrogen and oxygen atoms in total. The Kier molecular flexibility index (Phi) is 9.63. The summed E-state index contributed by atoms with van der Waals surface area (Å²) in [6, 6.07) is 5.46. The second kappa shape index (κ2) is 11.2. The van der Waals surface area contributed by atoms with E-state index >= 15 is 0 Å². The first kappa shape index (κ1) is 19.7. The minimum Gasteiger partial charge on any atom is -0.497 e. The Balaban J connectivity index is 2.64. The molecule has 132 valence electrons. The number of rotatable bonds is 12. The van der Waals surface area contributed by atoms with Gasteiger partial charge in [0.1, 0.15) is 11.5 Å². The van der Waals surface area contributed by atoms with Crippen molar-refractivity contribution in [2.75, 3.05) is 61.3 Å². The van der Waals surface area contributed by atoms with Crippen molar-refractivity contribution in [3.8, 4) is 11.5 Å². The van der Waals surface area contributed by atoms with Crippen molar-refractivity contribution in [1.29, 1.82) is 0 Å². The Morgan fingerprint density at radius 1 is 0.957 bits per heavy atom. The van der Waals surface area contributed by atoms with E-state index in [1.165, 1.54) is 0 Å². The molecule has 1 unspecified atom stereocenters. The van der Waals surface area contributed by atoms with E-state index in [0.29, 0.717) is 31.1 Å². The number of hydrogen-bond donors (Lipinski definition) is 1. The van der Waals surface area contributed by atoms with Crippen molar-refractivity contribution in [3.63, 3.8) is 0 Å². The van der Waals surface area contributed by atoms with Gasteiger partial charge in [-0.05, 0) is 18.6 Å². The van der Waals surface area contributed by atoms with E-state index < -0.39 is 6.10 Å². The Hall–Kier alpha value is -1.34. The maximum absolute atomic E-state index is 10.5. The quantitative estimate of drug-likeness (QED) is 0.631. The second-order valence-corrected chi connectivity index (χ2v) is 5.24. The molecule has 0 heterocycles. The smallest absolute Gasteiger partial charge is 0.128 e. The maximum atomic E-state index is 10.5. The molecule has 0 saturated heterocycles. The number of aliphatic hydroxyl groups excluding tert-OH is 1. The molecule has 0 radical (unpaired) electrons. The lowest BCUT2D eigenvalue weighted by molar-refractivity contribution is 0.0937. The van der Waals surface area contributed by atoms with Crippen molar-refractivity contribution >= 4 is 0 Å².